The van der Waals surface area contributed by atoms with E-state index in [9.17, 15) is 0 Å². The Morgan fingerprint density at radius 1 is 0.879 bits per heavy atom. The number of methoxy groups -OCH3 is 1. The van der Waals surface area contributed by atoms with E-state index in [4.69, 9.17) is 16.2 Å². The Balaban J connectivity index is 0.00000272. The quantitative estimate of drug-likeness (QED) is 0.382. The van der Waals surface area contributed by atoms with E-state index in [0.717, 1.165) is 22.4 Å². The number of benzene rings is 2. The van der Waals surface area contributed by atoms with Gasteiger partial charge in [-0.25, -0.2) is 4.68 Å². The Hall–Kier alpha value is -3.10. The van der Waals surface area contributed by atoms with E-state index in [1.165, 1.54) is 0 Å². The number of nitrogens with two attached hydrogens (primary N) is 2. The standard InChI is InChI=1S/C23H29N7O.2ClH/c1-14(2)26-22(24)16-6-9-18(10-7-16)30-13-20(28-29-30)19-11-8-17(12-21(19)31-5)23(25)27-15(3)4;;/h6-15H,1-5H3,(H2,24,26)(H2,25,27);2*1H. The van der Waals surface area contributed by atoms with Gasteiger partial charge in [0.2, 0.25) is 0 Å². The van der Waals surface area contributed by atoms with Crippen molar-refractivity contribution in [1.82, 2.24) is 15.0 Å². The monoisotopic (exact) mass is 491 g/mol. The van der Waals surface area contributed by atoms with Crippen molar-refractivity contribution in [3.8, 4) is 22.7 Å². The van der Waals surface area contributed by atoms with Gasteiger partial charge in [0, 0.05) is 28.8 Å². The van der Waals surface area contributed by atoms with Crippen molar-refractivity contribution in [2.24, 2.45) is 21.5 Å². The van der Waals surface area contributed by atoms with Gasteiger partial charge in [-0.3, -0.25) is 9.98 Å². The number of halogens is 2. The molecule has 2 aromatic carbocycles. The van der Waals surface area contributed by atoms with Gasteiger partial charge in [-0.05, 0) is 64.1 Å². The van der Waals surface area contributed by atoms with Crippen LogP contribution in [0, 0.1) is 0 Å². The van der Waals surface area contributed by atoms with Crippen molar-refractivity contribution in [2.45, 2.75) is 39.8 Å². The number of aliphatic imine (C=N–C) groups is 2. The molecule has 0 bridgehead atoms. The third kappa shape index (κ3) is 6.94. The summed E-state index contributed by atoms with van der Waals surface area (Å²) in [5, 5.41) is 8.57. The second kappa shape index (κ2) is 12.2. The zero-order valence-electron chi connectivity index (χ0n) is 19.4. The van der Waals surface area contributed by atoms with Crippen LogP contribution < -0.4 is 16.2 Å². The molecule has 8 nitrogen and oxygen atoms in total. The maximum absolute atomic E-state index is 6.09. The van der Waals surface area contributed by atoms with E-state index in [1.54, 1.807) is 11.8 Å². The number of nitrogens with zero attached hydrogens (tertiary/aromatic N) is 5. The number of aromatic nitrogens is 3. The molecule has 3 rings (SSSR count). The largest absolute Gasteiger partial charge is 0.496 e. The summed E-state index contributed by atoms with van der Waals surface area (Å²) in [5.74, 6) is 1.65. The predicted octanol–water partition coefficient (Wildman–Crippen LogP) is 4.01. The lowest BCUT2D eigenvalue weighted by molar-refractivity contribution is 0.416. The Bertz CT molecular complexity index is 1110. The van der Waals surface area contributed by atoms with Gasteiger partial charge in [0.1, 0.15) is 23.1 Å². The summed E-state index contributed by atoms with van der Waals surface area (Å²) in [7, 11) is 1.62. The molecule has 0 saturated heterocycles. The second-order valence-electron chi connectivity index (χ2n) is 7.73. The SMILES string of the molecule is COc1cc(C(N)=NC(C)C)ccc1-c1cn(-c2ccc(C(N)=NC(C)C)cc2)nn1.Cl.Cl. The molecule has 0 fully saturated rings. The third-order valence-electron chi connectivity index (χ3n) is 4.49. The van der Waals surface area contributed by atoms with Crippen LogP contribution in [-0.2, 0) is 0 Å². The zero-order chi connectivity index (χ0) is 22.5. The van der Waals surface area contributed by atoms with Crippen LogP contribution in [0.2, 0.25) is 0 Å². The first kappa shape index (κ1) is 27.9. The molecule has 1 aromatic heterocycles. The Kier molecular flexibility index (Phi) is 10.3. The molecule has 0 atom stereocenters. The van der Waals surface area contributed by atoms with Crippen molar-refractivity contribution in [3.63, 3.8) is 0 Å². The zero-order valence-corrected chi connectivity index (χ0v) is 21.0. The third-order valence-corrected chi connectivity index (χ3v) is 4.49. The molecule has 0 radical (unpaired) electrons. The fourth-order valence-corrected chi connectivity index (χ4v) is 3.07. The van der Waals surface area contributed by atoms with E-state index in [0.29, 0.717) is 23.1 Å². The molecule has 0 aliphatic carbocycles. The smallest absolute Gasteiger partial charge is 0.129 e. The highest BCUT2D eigenvalue weighted by atomic mass is 35.5. The summed E-state index contributed by atoms with van der Waals surface area (Å²) >= 11 is 0. The average Bonchev–Trinajstić information content (AvgIpc) is 3.22. The van der Waals surface area contributed by atoms with Gasteiger partial charge >= 0.3 is 0 Å². The van der Waals surface area contributed by atoms with E-state index in [-0.39, 0.29) is 36.9 Å². The molecule has 0 unspecified atom stereocenters. The van der Waals surface area contributed by atoms with Crippen LogP contribution in [0.25, 0.3) is 16.9 Å². The summed E-state index contributed by atoms with van der Waals surface area (Å²) < 4.78 is 7.27. The first-order valence-electron chi connectivity index (χ1n) is 10.2. The minimum Gasteiger partial charge on any atom is -0.496 e. The molecule has 0 aliphatic rings. The Labute approximate surface area is 207 Å². The van der Waals surface area contributed by atoms with E-state index in [2.05, 4.69) is 20.3 Å². The molecule has 1 heterocycles. The van der Waals surface area contributed by atoms with Crippen LogP contribution >= 0.6 is 24.8 Å². The number of hydrogen-bond donors (Lipinski definition) is 2. The molecule has 3 aromatic rings. The molecule has 0 amide bonds. The van der Waals surface area contributed by atoms with Crippen molar-refractivity contribution >= 4 is 36.5 Å². The van der Waals surface area contributed by atoms with Crippen LogP contribution in [0.3, 0.4) is 0 Å². The van der Waals surface area contributed by atoms with Gasteiger partial charge in [0.15, 0.2) is 0 Å². The van der Waals surface area contributed by atoms with Crippen molar-refractivity contribution in [2.75, 3.05) is 7.11 Å². The maximum atomic E-state index is 6.09. The number of amidine groups is 2. The van der Waals surface area contributed by atoms with E-state index in [1.807, 2.05) is 76.4 Å². The number of ether oxygens (including phenoxy) is 1. The fraction of sp³-hybridized carbons (Fsp3) is 0.304. The number of hydrogen-bond acceptors (Lipinski definition) is 5. The average molecular weight is 492 g/mol. The first-order chi connectivity index (χ1) is 14.8. The predicted molar refractivity (Wildman–Crippen MR) is 140 cm³/mol. The van der Waals surface area contributed by atoms with Crippen LogP contribution in [0.5, 0.6) is 5.75 Å². The van der Waals surface area contributed by atoms with E-state index < -0.39 is 0 Å². The topological polar surface area (TPSA) is 117 Å². The first-order valence-corrected chi connectivity index (χ1v) is 10.2. The maximum Gasteiger partial charge on any atom is 0.129 e. The lowest BCUT2D eigenvalue weighted by Crippen LogP contribution is -2.15. The molecule has 0 spiro atoms. The molecular weight excluding hydrogens is 461 g/mol. The molecule has 178 valence electrons. The lowest BCUT2D eigenvalue weighted by atomic mass is 10.1. The Morgan fingerprint density at radius 2 is 1.42 bits per heavy atom. The minimum atomic E-state index is 0. The summed E-state index contributed by atoms with van der Waals surface area (Å²) in [6.07, 6.45) is 1.85. The normalized spacial score (nSPS) is 11.8. The van der Waals surface area contributed by atoms with E-state index >= 15 is 0 Å². The highest BCUT2D eigenvalue weighted by Crippen LogP contribution is 2.30. The summed E-state index contributed by atoms with van der Waals surface area (Å²) in [6, 6.07) is 13.6. The fourth-order valence-electron chi connectivity index (χ4n) is 3.07. The highest BCUT2D eigenvalue weighted by molar-refractivity contribution is 5.99. The lowest BCUT2D eigenvalue weighted by Gasteiger charge is -2.09. The Morgan fingerprint density at radius 3 is 1.97 bits per heavy atom. The van der Waals surface area contributed by atoms with Crippen LogP contribution in [0.4, 0.5) is 0 Å². The van der Waals surface area contributed by atoms with Crippen LogP contribution in [0.15, 0.2) is 58.6 Å². The van der Waals surface area contributed by atoms with Gasteiger partial charge in [-0.15, -0.1) is 29.9 Å². The van der Waals surface area contributed by atoms with Crippen molar-refractivity contribution < 1.29 is 4.74 Å². The molecule has 33 heavy (non-hydrogen) atoms. The molecule has 0 saturated carbocycles. The minimum absolute atomic E-state index is 0. The van der Waals surface area contributed by atoms with Crippen molar-refractivity contribution in [3.05, 3.63) is 59.8 Å². The van der Waals surface area contributed by atoms with Gasteiger partial charge in [0.25, 0.3) is 0 Å². The summed E-state index contributed by atoms with van der Waals surface area (Å²) in [5.41, 5.74) is 16.2. The van der Waals surface area contributed by atoms with Crippen LogP contribution in [-0.4, -0.2) is 45.9 Å². The van der Waals surface area contributed by atoms with Crippen LogP contribution in [0.1, 0.15) is 38.8 Å². The van der Waals surface area contributed by atoms with Gasteiger partial charge in [-0.1, -0.05) is 11.3 Å². The molecule has 4 N–H and O–H groups in total. The molecule has 0 aliphatic heterocycles. The summed E-state index contributed by atoms with van der Waals surface area (Å²) in [6.45, 7) is 7.94. The summed E-state index contributed by atoms with van der Waals surface area (Å²) in [4.78, 5) is 8.77. The number of rotatable bonds is 7. The van der Waals surface area contributed by atoms with Gasteiger partial charge in [-0.2, -0.15) is 0 Å². The van der Waals surface area contributed by atoms with Gasteiger partial charge in [0.05, 0.1) is 19.0 Å². The molecular formula is C23H31Cl2N7O. The van der Waals surface area contributed by atoms with Crippen molar-refractivity contribution in [1.29, 1.82) is 0 Å². The molecule has 10 heteroatoms. The second-order valence-corrected chi connectivity index (χ2v) is 7.73. The highest BCUT2D eigenvalue weighted by Gasteiger charge is 2.13. The van der Waals surface area contributed by atoms with Gasteiger partial charge < -0.3 is 16.2 Å².